The molecule has 0 radical (unpaired) electrons. The molecule has 0 aliphatic carbocycles. The number of carbonyl (C=O) groups is 1. The van der Waals surface area contributed by atoms with E-state index in [0.717, 1.165) is 18.2 Å². The molecule has 0 aliphatic heterocycles. The molecule has 1 aromatic heterocycles. The van der Waals surface area contributed by atoms with Crippen LogP contribution in [0.3, 0.4) is 0 Å². The summed E-state index contributed by atoms with van der Waals surface area (Å²) >= 11 is 6.24. The van der Waals surface area contributed by atoms with Gasteiger partial charge in [-0.2, -0.15) is 5.10 Å². The van der Waals surface area contributed by atoms with Crippen LogP contribution >= 0.6 is 11.6 Å². The van der Waals surface area contributed by atoms with E-state index >= 15 is 0 Å². The summed E-state index contributed by atoms with van der Waals surface area (Å²) in [6, 6.07) is 15.7. The average molecular weight is 391 g/mol. The lowest BCUT2D eigenvalue weighted by Crippen LogP contribution is -2.12. The number of aromatic nitrogens is 2. The highest BCUT2D eigenvalue weighted by Crippen LogP contribution is 2.29. The number of carbonyl (C=O) groups excluding carboxylic acids is 1. The quantitative estimate of drug-likeness (QED) is 0.623. The lowest BCUT2D eigenvalue weighted by Gasteiger charge is -2.05. The first kappa shape index (κ1) is 18.2. The highest BCUT2D eigenvalue weighted by atomic mass is 35.5. The molecule has 0 unspecified atom stereocenters. The van der Waals surface area contributed by atoms with E-state index in [1.165, 1.54) is 12.1 Å². The highest BCUT2D eigenvalue weighted by molar-refractivity contribution is 7.91. The summed E-state index contributed by atoms with van der Waals surface area (Å²) < 4.78 is 30.5. The van der Waals surface area contributed by atoms with Gasteiger partial charge in [0.2, 0.25) is 9.84 Å². The summed E-state index contributed by atoms with van der Waals surface area (Å²) in [5.41, 5.74) is 2.27. The second-order valence-corrected chi connectivity index (χ2v) is 7.80. The number of esters is 1. The van der Waals surface area contributed by atoms with Crippen LogP contribution in [0.5, 0.6) is 0 Å². The predicted molar refractivity (Wildman–Crippen MR) is 97.8 cm³/mol. The first-order valence-electron chi connectivity index (χ1n) is 7.64. The molecule has 3 rings (SSSR count). The average Bonchev–Trinajstić information content (AvgIpc) is 3.03. The number of halogens is 1. The molecule has 0 N–H and O–H groups in total. The zero-order valence-electron chi connectivity index (χ0n) is 13.8. The standard InChI is InChI=1S/C18H15ClN2O4S/c1-13(22)25-12-26(23,24)16-9-7-14(8-10-16)17-11-21(20-18(17)19)15-5-3-2-4-6-15/h2-11H,12H2,1H3. The minimum Gasteiger partial charge on any atom is -0.449 e. The molecule has 6 nitrogen and oxygen atoms in total. The van der Waals surface area contributed by atoms with Gasteiger partial charge in [0, 0.05) is 18.7 Å². The molecule has 0 atom stereocenters. The Morgan fingerprint density at radius 2 is 1.77 bits per heavy atom. The normalized spacial score (nSPS) is 11.3. The molecule has 0 bridgehead atoms. The van der Waals surface area contributed by atoms with Gasteiger partial charge in [0.05, 0.1) is 10.6 Å². The number of sulfone groups is 1. The number of para-hydroxylation sites is 1. The van der Waals surface area contributed by atoms with E-state index in [4.69, 9.17) is 11.6 Å². The molecule has 0 saturated heterocycles. The Bertz CT molecular complexity index is 1030. The zero-order chi connectivity index (χ0) is 18.7. The molecule has 2 aromatic carbocycles. The largest absolute Gasteiger partial charge is 0.449 e. The predicted octanol–water partition coefficient (Wildman–Crippen LogP) is 3.49. The maximum atomic E-state index is 12.1. The third kappa shape index (κ3) is 3.95. The minimum atomic E-state index is -3.70. The number of hydrogen-bond acceptors (Lipinski definition) is 5. The number of rotatable bonds is 5. The second kappa shape index (κ2) is 7.31. The van der Waals surface area contributed by atoms with Crippen LogP contribution in [0.2, 0.25) is 5.15 Å². The van der Waals surface area contributed by atoms with Crippen molar-refractivity contribution >= 4 is 27.4 Å². The number of nitrogens with zero attached hydrogens (tertiary/aromatic N) is 2. The van der Waals surface area contributed by atoms with Crippen molar-refractivity contribution in [2.24, 2.45) is 0 Å². The van der Waals surface area contributed by atoms with Crippen molar-refractivity contribution < 1.29 is 17.9 Å². The molecule has 26 heavy (non-hydrogen) atoms. The van der Waals surface area contributed by atoms with E-state index in [2.05, 4.69) is 9.84 Å². The van der Waals surface area contributed by atoms with Crippen LogP contribution in [0.15, 0.2) is 65.7 Å². The van der Waals surface area contributed by atoms with Gasteiger partial charge in [-0.25, -0.2) is 13.1 Å². The van der Waals surface area contributed by atoms with Crippen molar-refractivity contribution in [1.82, 2.24) is 9.78 Å². The molecule has 0 spiro atoms. The fourth-order valence-corrected chi connectivity index (χ4v) is 3.58. The smallest absolute Gasteiger partial charge is 0.303 e. The number of ether oxygens (including phenoxy) is 1. The Labute approximate surface area is 155 Å². The molecule has 0 fully saturated rings. The number of benzene rings is 2. The Morgan fingerprint density at radius 1 is 1.12 bits per heavy atom. The Morgan fingerprint density at radius 3 is 2.38 bits per heavy atom. The van der Waals surface area contributed by atoms with Gasteiger partial charge in [0.15, 0.2) is 11.1 Å². The zero-order valence-corrected chi connectivity index (χ0v) is 15.4. The van der Waals surface area contributed by atoms with Crippen LogP contribution in [0.4, 0.5) is 0 Å². The van der Waals surface area contributed by atoms with Crippen molar-refractivity contribution in [3.63, 3.8) is 0 Å². The third-order valence-corrected chi connectivity index (χ3v) is 5.33. The summed E-state index contributed by atoms with van der Waals surface area (Å²) in [4.78, 5) is 10.9. The van der Waals surface area contributed by atoms with E-state index in [-0.39, 0.29) is 4.90 Å². The number of hydrogen-bond donors (Lipinski definition) is 0. The first-order valence-corrected chi connectivity index (χ1v) is 9.67. The molecule has 134 valence electrons. The van der Waals surface area contributed by atoms with Crippen LogP contribution < -0.4 is 0 Å². The maximum absolute atomic E-state index is 12.1. The lowest BCUT2D eigenvalue weighted by atomic mass is 10.1. The lowest BCUT2D eigenvalue weighted by molar-refractivity contribution is -0.138. The monoisotopic (exact) mass is 390 g/mol. The Balaban J connectivity index is 1.88. The summed E-state index contributed by atoms with van der Waals surface area (Å²) in [6.07, 6.45) is 1.78. The van der Waals surface area contributed by atoms with Gasteiger partial charge in [-0.1, -0.05) is 41.9 Å². The molecule has 1 heterocycles. The van der Waals surface area contributed by atoms with Gasteiger partial charge in [-0.05, 0) is 29.8 Å². The summed E-state index contributed by atoms with van der Waals surface area (Å²) in [5, 5.41) is 4.59. The van der Waals surface area contributed by atoms with Gasteiger partial charge in [0.25, 0.3) is 0 Å². The van der Waals surface area contributed by atoms with Crippen molar-refractivity contribution in [3.05, 3.63) is 65.9 Å². The van der Waals surface area contributed by atoms with E-state index in [0.29, 0.717) is 10.7 Å². The summed E-state index contributed by atoms with van der Waals surface area (Å²) in [6.45, 7) is 1.16. The van der Waals surface area contributed by atoms with Gasteiger partial charge < -0.3 is 4.74 Å². The fraction of sp³-hybridized carbons (Fsp3) is 0.111. The molecule has 8 heteroatoms. The van der Waals surface area contributed by atoms with Crippen LogP contribution in [0.25, 0.3) is 16.8 Å². The summed E-state index contributed by atoms with van der Waals surface area (Å²) in [5.74, 6) is -1.33. The van der Waals surface area contributed by atoms with Crippen molar-refractivity contribution in [1.29, 1.82) is 0 Å². The van der Waals surface area contributed by atoms with Gasteiger partial charge in [-0.3, -0.25) is 4.79 Å². The molecular weight excluding hydrogens is 376 g/mol. The molecule has 3 aromatic rings. The minimum absolute atomic E-state index is 0.0640. The molecular formula is C18H15ClN2O4S. The van der Waals surface area contributed by atoms with E-state index in [1.54, 1.807) is 23.0 Å². The van der Waals surface area contributed by atoms with Crippen LogP contribution in [-0.2, 0) is 19.4 Å². The van der Waals surface area contributed by atoms with Crippen molar-refractivity contribution in [2.45, 2.75) is 11.8 Å². The highest BCUT2D eigenvalue weighted by Gasteiger charge is 2.17. The van der Waals surface area contributed by atoms with Crippen molar-refractivity contribution in [2.75, 3.05) is 5.94 Å². The van der Waals surface area contributed by atoms with Crippen LogP contribution in [0, 0.1) is 0 Å². The van der Waals surface area contributed by atoms with Gasteiger partial charge in [-0.15, -0.1) is 0 Å². The van der Waals surface area contributed by atoms with E-state index in [9.17, 15) is 13.2 Å². The fourth-order valence-electron chi connectivity index (χ4n) is 2.33. The SMILES string of the molecule is CC(=O)OCS(=O)(=O)c1ccc(-c2cn(-c3ccccc3)nc2Cl)cc1. The van der Waals surface area contributed by atoms with Crippen LogP contribution in [-0.4, -0.2) is 30.1 Å². The van der Waals surface area contributed by atoms with E-state index < -0.39 is 21.7 Å². The Kier molecular flexibility index (Phi) is 5.11. The topological polar surface area (TPSA) is 78.3 Å². The summed E-state index contributed by atoms with van der Waals surface area (Å²) in [7, 11) is -3.70. The van der Waals surface area contributed by atoms with Gasteiger partial charge >= 0.3 is 5.97 Å². The third-order valence-electron chi connectivity index (χ3n) is 3.63. The molecule has 0 saturated carbocycles. The van der Waals surface area contributed by atoms with Gasteiger partial charge in [0.1, 0.15) is 0 Å². The van der Waals surface area contributed by atoms with Crippen molar-refractivity contribution in [3.8, 4) is 16.8 Å². The van der Waals surface area contributed by atoms with E-state index in [1.807, 2.05) is 30.3 Å². The van der Waals surface area contributed by atoms with Crippen LogP contribution in [0.1, 0.15) is 6.92 Å². The Hall–Kier alpha value is -2.64. The second-order valence-electron chi connectivity index (χ2n) is 5.51. The molecule has 0 aliphatic rings. The first-order chi connectivity index (χ1) is 12.4. The maximum Gasteiger partial charge on any atom is 0.303 e. The molecule has 0 amide bonds.